The summed E-state index contributed by atoms with van der Waals surface area (Å²) in [5, 5.41) is 2.53. The molecule has 0 aliphatic heterocycles. The Morgan fingerprint density at radius 3 is 1.03 bits per heavy atom. The van der Waals surface area contributed by atoms with Crippen molar-refractivity contribution in [2.45, 2.75) is 238 Å². The van der Waals surface area contributed by atoms with E-state index in [9.17, 15) is 13.0 Å². The average Bonchev–Trinajstić information content (AvgIpc) is 3.29. The normalized spacial score (nSPS) is 22.1. The van der Waals surface area contributed by atoms with E-state index >= 15 is 0 Å². The van der Waals surface area contributed by atoms with Crippen molar-refractivity contribution in [3.63, 3.8) is 0 Å². The molecule has 6 fully saturated rings. The molecule has 7 heteroatoms. The topological polar surface area (TPSA) is 57.2 Å². The molecule has 3 aromatic rings. The number of fused-ring (bicyclic) bond motifs is 1. The minimum atomic E-state index is -4.27. The summed E-state index contributed by atoms with van der Waals surface area (Å²) in [7, 11) is -4.36. The van der Waals surface area contributed by atoms with Crippen LogP contribution in [0, 0.1) is 13.0 Å². The van der Waals surface area contributed by atoms with Gasteiger partial charge in [-0.1, -0.05) is 74.4 Å². The zero-order valence-electron chi connectivity index (χ0n) is 37.5. The molecule has 0 unspecified atom stereocenters. The molecule has 6 saturated carbocycles. The molecule has 6 aliphatic rings. The van der Waals surface area contributed by atoms with Gasteiger partial charge in [-0.2, -0.15) is 24.3 Å². The molecule has 0 spiro atoms. The van der Waals surface area contributed by atoms with Gasteiger partial charge in [0, 0.05) is 15.8 Å². The van der Waals surface area contributed by atoms with E-state index in [1.807, 2.05) is 31.2 Å². The van der Waals surface area contributed by atoms with Crippen molar-refractivity contribution >= 4 is 36.7 Å². The summed E-state index contributed by atoms with van der Waals surface area (Å²) in [5.74, 6) is 0. The van der Waals surface area contributed by atoms with Gasteiger partial charge >= 0.3 is 16.5 Å². The van der Waals surface area contributed by atoms with Crippen LogP contribution >= 0.6 is 15.8 Å². The second kappa shape index (κ2) is 27.5. The van der Waals surface area contributed by atoms with E-state index in [0.717, 1.165) is 5.56 Å². The van der Waals surface area contributed by atoms with Gasteiger partial charge in [0.15, 0.2) is 0 Å². The van der Waals surface area contributed by atoms with Crippen LogP contribution in [0.3, 0.4) is 0 Å². The Kier molecular flexibility index (Phi) is 23.0. The first-order valence-corrected chi connectivity index (χ1v) is 29.8. The molecule has 336 valence electrons. The SMILES string of the molecule is C1CCC([PH+](C2CCCCC2)C2CCCCC2)CC1.C1CCC([PH+](C2CCCCC2)C2CCCCC2)CC1.Cc1ccc(S(=O)(=O)[O-])cc1.[Ni+2].[c-]1ccc2ccccc2c1. The number of hydrogen-bond donors (Lipinski definition) is 0. The van der Waals surface area contributed by atoms with Crippen molar-refractivity contribution in [2.75, 3.05) is 0 Å². The van der Waals surface area contributed by atoms with Gasteiger partial charge in [0.2, 0.25) is 0 Å². The fourth-order valence-electron chi connectivity index (χ4n) is 12.4. The smallest absolute Gasteiger partial charge is 0.744 e. The third-order valence-electron chi connectivity index (χ3n) is 15.4. The van der Waals surface area contributed by atoms with E-state index in [2.05, 4.69) is 24.3 Å². The molecule has 0 bridgehead atoms. The van der Waals surface area contributed by atoms with Crippen LogP contribution in [0.4, 0.5) is 0 Å². The van der Waals surface area contributed by atoms with E-state index < -0.39 is 10.1 Å². The first-order valence-electron chi connectivity index (χ1n) is 25.0. The van der Waals surface area contributed by atoms with Crippen molar-refractivity contribution in [3.05, 3.63) is 78.4 Å². The first kappa shape index (κ1) is 50.2. The van der Waals surface area contributed by atoms with E-state index in [-0.39, 0.29) is 37.2 Å². The summed E-state index contributed by atoms with van der Waals surface area (Å²) in [6.07, 6.45) is 47.6. The molecule has 3 aromatic carbocycles. The van der Waals surface area contributed by atoms with Gasteiger partial charge in [0.1, 0.15) is 10.1 Å². The van der Waals surface area contributed by atoms with Crippen LogP contribution in [0.2, 0.25) is 0 Å². The van der Waals surface area contributed by atoms with E-state index in [4.69, 9.17) is 0 Å². The van der Waals surface area contributed by atoms with E-state index in [1.54, 1.807) is 205 Å². The summed E-state index contributed by atoms with van der Waals surface area (Å²) in [4.78, 5) is -0.178. The van der Waals surface area contributed by atoms with Crippen LogP contribution in [0.25, 0.3) is 10.8 Å². The molecule has 6 aliphatic carbocycles. The third-order valence-corrected chi connectivity index (χ3v) is 25.3. The molecule has 0 saturated heterocycles. The predicted molar refractivity (Wildman–Crippen MR) is 260 cm³/mol. The number of aryl methyl sites for hydroxylation is 1. The van der Waals surface area contributed by atoms with Gasteiger partial charge in [-0.25, -0.2) is 8.42 Å². The molecular weight excluding hydrogens is 837 g/mol. The van der Waals surface area contributed by atoms with Crippen LogP contribution in [0.1, 0.15) is 198 Å². The van der Waals surface area contributed by atoms with Crippen molar-refractivity contribution in [2.24, 2.45) is 0 Å². The van der Waals surface area contributed by atoms with Crippen LogP contribution in [-0.4, -0.2) is 46.9 Å². The van der Waals surface area contributed by atoms with Gasteiger partial charge in [0.05, 0.1) is 38.8 Å². The largest absolute Gasteiger partial charge is 2.00 e. The Morgan fingerprint density at radius 1 is 0.450 bits per heavy atom. The maximum Gasteiger partial charge on any atom is 2.00 e. The molecule has 9 rings (SSSR count). The minimum Gasteiger partial charge on any atom is -0.744 e. The average molecular weight is 920 g/mol. The summed E-state index contributed by atoms with van der Waals surface area (Å²) in [5.41, 5.74) is 8.29. The van der Waals surface area contributed by atoms with Crippen molar-refractivity contribution in [3.8, 4) is 0 Å². The maximum absolute atomic E-state index is 10.4. The maximum atomic E-state index is 10.4. The Balaban J connectivity index is 0.000000157. The van der Waals surface area contributed by atoms with Crippen molar-refractivity contribution < 1.29 is 29.5 Å². The fourth-order valence-corrected chi connectivity index (χ4v) is 23.3. The molecule has 0 radical (unpaired) electrons. The van der Waals surface area contributed by atoms with E-state index in [1.165, 1.54) is 56.9 Å². The van der Waals surface area contributed by atoms with Crippen LogP contribution < -0.4 is 0 Å². The zero-order chi connectivity index (χ0) is 41.1. The molecule has 0 amide bonds. The first-order chi connectivity index (χ1) is 28.9. The quantitative estimate of drug-likeness (QED) is 0.103. The van der Waals surface area contributed by atoms with Gasteiger partial charge < -0.3 is 4.55 Å². The zero-order valence-corrected chi connectivity index (χ0v) is 41.3. The van der Waals surface area contributed by atoms with Crippen LogP contribution in [-0.2, 0) is 26.6 Å². The fraction of sp³-hybridized carbons (Fsp3) is 0.698. The number of benzene rings is 3. The molecule has 60 heavy (non-hydrogen) atoms. The third kappa shape index (κ3) is 16.3. The van der Waals surface area contributed by atoms with Gasteiger partial charge in [-0.3, -0.25) is 0 Å². The molecule has 3 nitrogen and oxygen atoms in total. The van der Waals surface area contributed by atoms with Gasteiger partial charge in [0.25, 0.3) is 0 Å². The second-order valence-corrected chi connectivity index (χ2v) is 27.8. The number of rotatable bonds is 7. The molecule has 0 atom stereocenters. The molecule has 0 aromatic heterocycles. The predicted octanol–water partition coefficient (Wildman–Crippen LogP) is 15.9. The molecular formula is C53H82NiO3P2S+2. The summed E-state index contributed by atoms with van der Waals surface area (Å²) in [6, 6.07) is 23.1. The summed E-state index contributed by atoms with van der Waals surface area (Å²) < 4.78 is 31.2. The van der Waals surface area contributed by atoms with Crippen molar-refractivity contribution in [1.82, 2.24) is 0 Å². The Labute approximate surface area is 380 Å². The van der Waals surface area contributed by atoms with Crippen LogP contribution in [0.15, 0.2) is 71.6 Å². The second-order valence-electron chi connectivity index (χ2n) is 19.6. The Morgan fingerprint density at radius 2 is 0.750 bits per heavy atom. The Hall–Kier alpha value is -0.816. The Bertz CT molecular complexity index is 1480. The van der Waals surface area contributed by atoms with Gasteiger partial charge in [-0.15, -0.1) is 16.8 Å². The van der Waals surface area contributed by atoms with Crippen LogP contribution in [0.5, 0.6) is 0 Å². The molecule has 0 heterocycles. The summed E-state index contributed by atoms with van der Waals surface area (Å²) in [6.45, 7) is 1.82. The molecule has 0 N–H and O–H groups in total. The van der Waals surface area contributed by atoms with Crippen molar-refractivity contribution in [1.29, 1.82) is 0 Å². The summed E-state index contributed by atoms with van der Waals surface area (Å²) >= 11 is 0. The standard InChI is InChI=1S/2C18H33P.C10H7.C7H8O3S.Ni/c2*1-4-10-16(11-5-1)19(17-12-6-2-7-13-17)18-14-8-3-9-15-18;1-2-6-10-8-4-3-7-9(10)5-1;1-6-2-4-7(5-3-6)11(8,9)10;/h2*16-18H,1-15H2;1-3,5-8H;2-5H,1H3,(H,8,9,10);/q;;-1;;+2/p+1. The van der Waals surface area contributed by atoms with Gasteiger partial charge in [-0.05, 0) is 173 Å². The minimum absolute atomic E-state index is 0. The number of hydrogen-bond acceptors (Lipinski definition) is 3. The monoisotopic (exact) mass is 918 g/mol. The van der Waals surface area contributed by atoms with E-state index in [0.29, 0.717) is 0 Å².